The topological polar surface area (TPSA) is 46.5 Å². The Bertz CT molecular complexity index is 704. The van der Waals surface area contributed by atoms with E-state index in [9.17, 15) is 9.90 Å². The van der Waals surface area contributed by atoms with Crippen LogP contribution in [0.2, 0.25) is 5.02 Å². The number of fused-ring (bicyclic) bond motifs is 1. The molecule has 0 amide bonds. The maximum absolute atomic E-state index is 12.1. The molecule has 3 nitrogen and oxygen atoms in total. The summed E-state index contributed by atoms with van der Waals surface area (Å²) in [6.07, 6.45) is 1.60. The van der Waals surface area contributed by atoms with Gasteiger partial charge in [0, 0.05) is 0 Å². The third-order valence-electron chi connectivity index (χ3n) is 2.84. The van der Waals surface area contributed by atoms with E-state index in [1.165, 1.54) is 6.07 Å². The molecule has 94 valence electrons. The Labute approximate surface area is 114 Å². The van der Waals surface area contributed by atoms with Crippen LogP contribution in [0.15, 0.2) is 48.2 Å². The minimum absolute atomic E-state index is 0.00534. The molecule has 19 heavy (non-hydrogen) atoms. The van der Waals surface area contributed by atoms with E-state index >= 15 is 0 Å². The van der Waals surface area contributed by atoms with E-state index in [-0.39, 0.29) is 22.3 Å². The van der Waals surface area contributed by atoms with Crippen molar-refractivity contribution in [3.05, 3.63) is 64.4 Å². The van der Waals surface area contributed by atoms with E-state index in [2.05, 4.69) is 0 Å². The van der Waals surface area contributed by atoms with E-state index in [4.69, 9.17) is 16.3 Å². The molecule has 0 spiro atoms. The van der Waals surface area contributed by atoms with Crippen LogP contribution in [-0.4, -0.2) is 10.9 Å². The molecule has 2 aromatic rings. The van der Waals surface area contributed by atoms with E-state index in [1.54, 1.807) is 36.4 Å². The lowest BCUT2D eigenvalue weighted by molar-refractivity contribution is 0.101. The van der Waals surface area contributed by atoms with Gasteiger partial charge in [0.25, 0.3) is 0 Å². The van der Waals surface area contributed by atoms with Gasteiger partial charge < -0.3 is 9.84 Å². The first-order valence-corrected chi connectivity index (χ1v) is 6.05. The number of halogens is 1. The zero-order chi connectivity index (χ0) is 13.4. The van der Waals surface area contributed by atoms with Gasteiger partial charge in [-0.1, -0.05) is 29.8 Å². The number of phenols is 1. The van der Waals surface area contributed by atoms with Gasteiger partial charge in [0.15, 0.2) is 5.76 Å². The average molecular weight is 273 g/mol. The van der Waals surface area contributed by atoms with E-state index in [0.717, 1.165) is 0 Å². The number of ketones is 1. The van der Waals surface area contributed by atoms with Crippen LogP contribution in [0, 0.1) is 0 Å². The minimum atomic E-state index is -0.153. The zero-order valence-electron chi connectivity index (χ0n) is 9.76. The summed E-state index contributed by atoms with van der Waals surface area (Å²) in [5, 5.41) is 9.58. The van der Waals surface area contributed by atoms with E-state index in [0.29, 0.717) is 16.9 Å². The molecule has 0 radical (unpaired) electrons. The first-order chi connectivity index (χ1) is 9.15. The Morgan fingerprint density at radius 2 is 1.95 bits per heavy atom. The monoisotopic (exact) mass is 272 g/mol. The molecule has 0 saturated heterocycles. The van der Waals surface area contributed by atoms with Crippen LogP contribution in [0.1, 0.15) is 15.9 Å². The molecule has 0 aromatic heterocycles. The van der Waals surface area contributed by atoms with Gasteiger partial charge in [-0.2, -0.15) is 0 Å². The Morgan fingerprint density at radius 3 is 2.68 bits per heavy atom. The molecule has 1 aliphatic rings. The lowest BCUT2D eigenvalue weighted by Gasteiger charge is -2.00. The van der Waals surface area contributed by atoms with Crippen LogP contribution in [0.5, 0.6) is 11.5 Å². The highest BCUT2D eigenvalue weighted by atomic mass is 35.5. The van der Waals surface area contributed by atoms with Crippen LogP contribution in [0.4, 0.5) is 0 Å². The number of hydrogen-bond acceptors (Lipinski definition) is 3. The van der Waals surface area contributed by atoms with Crippen LogP contribution in [-0.2, 0) is 0 Å². The smallest absolute Gasteiger partial charge is 0.231 e. The molecular weight excluding hydrogens is 264 g/mol. The number of allylic oxidation sites excluding steroid dienone is 1. The van der Waals surface area contributed by atoms with Crippen LogP contribution >= 0.6 is 11.6 Å². The van der Waals surface area contributed by atoms with Gasteiger partial charge in [0.05, 0.1) is 10.6 Å². The Kier molecular flexibility index (Phi) is 2.76. The maximum atomic E-state index is 12.1. The summed E-state index contributed by atoms with van der Waals surface area (Å²) in [7, 11) is 0. The van der Waals surface area contributed by atoms with Gasteiger partial charge in [0.2, 0.25) is 5.78 Å². The third-order valence-corrected chi connectivity index (χ3v) is 3.15. The number of benzene rings is 2. The number of hydrogen-bond donors (Lipinski definition) is 1. The molecule has 0 bridgehead atoms. The zero-order valence-corrected chi connectivity index (χ0v) is 10.5. The molecule has 0 atom stereocenters. The Hall–Kier alpha value is -2.26. The Morgan fingerprint density at radius 1 is 1.16 bits per heavy atom. The highest BCUT2D eigenvalue weighted by Gasteiger charge is 2.26. The SMILES string of the molecule is O=C1/C(=C/c2ccc(O)c(Cl)c2)Oc2ccccc21. The van der Waals surface area contributed by atoms with Gasteiger partial charge in [-0.05, 0) is 35.9 Å². The van der Waals surface area contributed by atoms with Crippen LogP contribution < -0.4 is 4.74 Å². The van der Waals surface area contributed by atoms with Gasteiger partial charge in [-0.25, -0.2) is 0 Å². The molecule has 3 rings (SSSR count). The number of carbonyl (C=O) groups is 1. The van der Waals surface area contributed by atoms with Gasteiger partial charge in [-0.15, -0.1) is 0 Å². The average Bonchev–Trinajstić information content (AvgIpc) is 2.72. The number of ether oxygens (including phenoxy) is 1. The van der Waals surface area contributed by atoms with Crippen molar-refractivity contribution in [2.45, 2.75) is 0 Å². The molecule has 0 aliphatic carbocycles. The maximum Gasteiger partial charge on any atom is 0.231 e. The summed E-state index contributed by atoms with van der Waals surface area (Å²) in [5.41, 5.74) is 1.25. The van der Waals surface area contributed by atoms with E-state index < -0.39 is 0 Å². The summed E-state index contributed by atoms with van der Waals surface area (Å²) in [5.74, 6) is 0.664. The number of carbonyl (C=O) groups excluding carboxylic acids is 1. The fourth-order valence-corrected chi connectivity index (χ4v) is 2.09. The second-order valence-electron chi connectivity index (χ2n) is 4.15. The van der Waals surface area contributed by atoms with Crippen molar-refractivity contribution >= 4 is 23.5 Å². The quantitative estimate of drug-likeness (QED) is 0.806. The fraction of sp³-hybridized carbons (Fsp3) is 0. The summed E-state index contributed by atoms with van der Waals surface area (Å²) < 4.78 is 5.50. The number of phenolic OH excluding ortho intramolecular Hbond substituents is 1. The summed E-state index contributed by atoms with van der Waals surface area (Å²) in [6.45, 7) is 0. The highest BCUT2D eigenvalue weighted by Crippen LogP contribution is 2.32. The number of para-hydroxylation sites is 1. The number of rotatable bonds is 1. The predicted molar refractivity (Wildman–Crippen MR) is 72.5 cm³/mol. The van der Waals surface area contributed by atoms with Crippen molar-refractivity contribution in [3.63, 3.8) is 0 Å². The third kappa shape index (κ3) is 2.09. The number of aromatic hydroxyl groups is 1. The Balaban J connectivity index is 1.98. The highest BCUT2D eigenvalue weighted by molar-refractivity contribution is 6.32. The second-order valence-corrected chi connectivity index (χ2v) is 4.55. The standard InChI is InChI=1S/C15H9ClO3/c16-11-7-9(5-6-12(11)17)8-14-15(18)10-3-1-2-4-13(10)19-14/h1-8,17H/b14-8-. The number of Topliss-reactive ketones (excluding diaryl/α,β-unsaturated/α-hetero) is 1. The van der Waals surface area contributed by atoms with Gasteiger partial charge in [0.1, 0.15) is 11.5 Å². The molecule has 0 fully saturated rings. The molecule has 2 aromatic carbocycles. The molecule has 1 N–H and O–H groups in total. The summed E-state index contributed by atoms with van der Waals surface area (Å²) in [6, 6.07) is 11.8. The van der Waals surface area contributed by atoms with E-state index in [1.807, 2.05) is 6.07 Å². The van der Waals surface area contributed by atoms with Crippen molar-refractivity contribution in [2.75, 3.05) is 0 Å². The molecule has 1 aliphatic heterocycles. The lowest BCUT2D eigenvalue weighted by Crippen LogP contribution is -1.97. The summed E-state index contributed by atoms with van der Waals surface area (Å²) >= 11 is 5.82. The van der Waals surface area contributed by atoms with Crippen molar-refractivity contribution in [3.8, 4) is 11.5 Å². The predicted octanol–water partition coefficient (Wildman–Crippen LogP) is 3.66. The second kappa shape index (κ2) is 4.44. The van der Waals surface area contributed by atoms with Crippen molar-refractivity contribution in [2.24, 2.45) is 0 Å². The molecular formula is C15H9ClO3. The van der Waals surface area contributed by atoms with Crippen LogP contribution in [0.3, 0.4) is 0 Å². The molecule has 4 heteroatoms. The molecule has 1 heterocycles. The van der Waals surface area contributed by atoms with Crippen molar-refractivity contribution in [1.82, 2.24) is 0 Å². The first kappa shape index (κ1) is 11.8. The van der Waals surface area contributed by atoms with Crippen molar-refractivity contribution in [1.29, 1.82) is 0 Å². The van der Waals surface area contributed by atoms with Crippen molar-refractivity contribution < 1.29 is 14.6 Å². The molecule has 0 saturated carbocycles. The van der Waals surface area contributed by atoms with Gasteiger partial charge in [-0.3, -0.25) is 4.79 Å². The lowest BCUT2D eigenvalue weighted by atomic mass is 10.1. The largest absolute Gasteiger partial charge is 0.506 e. The van der Waals surface area contributed by atoms with Crippen LogP contribution in [0.25, 0.3) is 6.08 Å². The minimum Gasteiger partial charge on any atom is -0.506 e. The molecule has 0 unspecified atom stereocenters. The first-order valence-electron chi connectivity index (χ1n) is 5.67. The normalized spacial score (nSPS) is 15.4. The summed E-state index contributed by atoms with van der Waals surface area (Å²) in [4.78, 5) is 12.1. The fourth-order valence-electron chi connectivity index (χ4n) is 1.90. The van der Waals surface area contributed by atoms with Gasteiger partial charge >= 0.3 is 0 Å².